The Hall–Kier alpha value is -1.40. The fraction of sp³-hybridized carbons (Fsp3) is 0.667. The molecule has 0 aliphatic rings. The summed E-state index contributed by atoms with van der Waals surface area (Å²) in [6.07, 6.45) is -0.439. The Balaban J connectivity index is 2.55. The molecule has 0 radical (unpaired) electrons. The minimum Gasteiger partial charge on any atom is -0.389 e. The summed E-state index contributed by atoms with van der Waals surface area (Å²) in [4.78, 5) is 13.4. The molecular weight excluding hydrogens is 236 g/mol. The van der Waals surface area contributed by atoms with Crippen LogP contribution in [-0.4, -0.2) is 54.5 Å². The van der Waals surface area contributed by atoms with E-state index in [1.165, 1.54) is 12.0 Å². The van der Waals surface area contributed by atoms with Crippen molar-refractivity contribution in [2.45, 2.75) is 26.4 Å². The molecule has 6 heteroatoms. The van der Waals surface area contributed by atoms with Crippen molar-refractivity contribution in [3.05, 3.63) is 17.0 Å². The van der Waals surface area contributed by atoms with E-state index in [1.807, 2.05) is 0 Å². The average Bonchev–Trinajstić information content (AvgIpc) is 2.60. The van der Waals surface area contributed by atoms with Crippen LogP contribution in [0.1, 0.15) is 17.0 Å². The van der Waals surface area contributed by atoms with Gasteiger partial charge in [-0.15, -0.1) is 0 Å². The third-order valence-corrected chi connectivity index (χ3v) is 2.78. The fourth-order valence-corrected chi connectivity index (χ4v) is 1.70. The number of carbonyl (C=O) groups is 1. The van der Waals surface area contributed by atoms with E-state index in [4.69, 9.17) is 9.26 Å². The van der Waals surface area contributed by atoms with E-state index >= 15 is 0 Å². The van der Waals surface area contributed by atoms with Gasteiger partial charge in [-0.1, -0.05) is 5.16 Å². The normalized spacial score (nSPS) is 12.5. The van der Waals surface area contributed by atoms with E-state index in [0.717, 1.165) is 11.3 Å². The Labute approximate surface area is 107 Å². The second-order valence-electron chi connectivity index (χ2n) is 4.36. The van der Waals surface area contributed by atoms with Gasteiger partial charge in [0.25, 0.3) is 0 Å². The number of likely N-dealkylation sites (N-methyl/N-ethyl adjacent to an activating group) is 1. The Morgan fingerprint density at radius 2 is 2.22 bits per heavy atom. The molecule has 6 nitrogen and oxygen atoms in total. The standard InChI is InChI=1S/C12H20N2O4/c1-8-11(9(2)18-13-8)5-12(16)14(3)6-10(15)7-17-4/h10,15H,5-7H2,1-4H3. The highest BCUT2D eigenvalue weighted by Gasteiger charge is 2.18. The van der Waals surface area contributed by atoms with Crippen molar-refractivity contribution in [2.75, 3.05) is 27.3 Å². The number of carbonyl (C=O) groups excluding carboxylic acids is 1. The largest absolute Gasteiger partial charge is 0.389 e. The molecule has 1 aromatic rings. The fourth-order valence-electron chi connectivity index (χ4n) is 1.70. The molecule has 0 fully saturated rings. The van der Waals surface area contributed by atoms with Gasteiger partial charge in [0.05, 0.1) is 24.8 Å². The summed E-state index contributed by atoms with van der Waals surface area (Å²) in [5.41, 5.74) is 1.54. The van der Waals surface area contributed by atoms with Crippen LogP contribution < -0.4 is 0 Å². The maximum atomic E-state index is 12.0. The summed E-state index contributed by atoms with van der Waals surface area (Å²) in [5.74, 6) is 0.575. The Morgan fingerprint density at radius 1 is 1.56 bits per heavy atom. The molecule has 0 saturated heterocycles. The minimum absolute atomic E-state index is 0.0837. The molecule has 1 aromatic heterocycles. The molecular formula is C12H20N2O4. The number of aliphatic hydroxyl groups excluding tert-OH is 1. The zero-order chi connectivity index (χ0) is 13.7. The summed E-state index contributed by atoms with van der Waals surface area (Å²) in [6, 6.07) is 0. The van der Waals surface area contributed by atoms with Crippen molar-refractivity contribution in [3.63, 3.8) is 0 Å². The Morgan fingerprint density at radius 3 is 2.72 bits per heavy atom. The zero-order valence-electron chi connectivity index (χ0n) is 11.3. The highest BCUT2D eigenvalue weighted by atomic mass is 16.5. The number of amides is 1. The molecule has 102 valence electrons. The summed E-state index contributed by atoms with van der Waals surface area (Å²) < 4.78 is 9.82. The van der Waals surface area contributed by atoms with Crippen LogP contribution in [0.5, 0.6) is 0 Å². The first-order valence-electron chi connectivity index (χ1n) is 5.78. The summed E-state index contributed by atoms with van der Waals surface area (Å²) in [5, 5.41) is 13.4. The molecule has 0 bridgehead atoms. The van der Waals surface area contributed by atoms with Gasteiger partial charge >= 0.3 is 0 Å². The van der Waals surface area contributed by atoms with Crippen molar-refractivity contribution >= 4 is 5.91 Å². The van der Waals surface area contributed by atoms with Crippen molar-refractivity contribution < 1.29 is 19.2 Å². The number of methoxy groups -OCH3 is 1. The van der Waals surface area contributed by atoms with Crippen LogP contribution in [0.25, 0.3) is 0 Å². The van der Waals surface area contributed by atoms with Crippen LogP contribution in [-0.2, 0) is 16.0 Å². The zero-order valence-corrected chi connectivity index (χ0v) is 11.3. The predicted molar refractivity (Wildman–Crippen MR) is 65.2 cm³/mol. The molecule has 1 N–H and O–H groups in total. The van der Waals surface area contributed by atoms with Crippen molar-refractivity contribution in [3.8, 4) is 0 Å². The SMILES string of the molecule is COCC(O)CN(C)C(=O)Cc1c(C)noc1C. The van der Waals surface area contributed by atoms with E-state index in [0.29, 0.717) is 5.76 Å². The number of ether oxygens (including phenoxy) is 1. The lowest BCUT2D eigenvalue weighted by Crippen LogP contribution is -2.37. The van der Waals surface area contributed by atoms with Crippen molar-refractivity contribution in [1.82, 2.24) is 10.1 Å². The first kappa shape index (κ1) is 14.7. The summed E-state index contributed by atoms with van der Waals surface area (Å²) >= 11 is 0. The second-order valence-corrected chi connectivity index (χ2v) is 4.36. The molecule has 1 amide bonds. The Bertz CT molecular complexity index is 383. The lowest BCUT2D eigenvalue weighted by molar-refractivity contribution is -0.130. The van der Waals surface area contributed by atoms with Gasteiger partial charge in [0, 0.05) is 26.3 Å². The maximum Gasteiger partial charge on any atom is 0.227 e. The molecule has 1 atom stereocenters. The lowest BCUT2D eigenvalue weighted by atomic mass is 10.1. The molecule has 0 spiro atoms. The highest BCUT2D eigenvalue weighted by molar-refractivity contribution is 5.79. The molecule has 1 unspecified atom stereocenters. The second kappa shape index (κ2) is 6.51. The number of aryl methyl sites for hydroxylation is 2. The summed E-state index contributed by atoms with van der Waals surface area (Å²) in [7, 11) is 3.16. The average molecular weight is 256 g/mol. The van der Waals surface area contributed by atoms with Crippen LogP contribution >= 0.6 is 0 Å². The van der Waals surface area contributed by atoms with Gasteiger partial charge in [-0.2, -0.15) is 0 Å². The van der Waals surface area contributed by atoms with E-state index in [1.54, 1.807) is 20.9 Å². The van der Waals surface area contributed by atoms with Gasteiger partial charge in [0.2, 0.25) is 5.91 Å². The topological polar surface area (TPSA) is 75.8 Å². The van der Waals surface area contributed by atoms with Crippen molar-refractivity contribution in [1.29, 1.82) is 0 Å². The van der Waals surface area contributed by atoms with Crippen molar-refractivity contribution in [2.24, 2.45) is 0 Å². The van der Waals surface area contributed by atoms with Gasteiger partial charge in [-0.3, -0.25) is 4.79 Å². The van der Waals surface area contributed by atoms with Gasteiger partial charge in [0.1, 0.15) is 5.76 Å². The highest BCUT2D eigenvalue weighted by Crippen LogP contribution is 2.13. The third-order valence-electron chi connectivity index (χ3n) is 2.78. The molecule has 1 rings (SSSR count). The number of aromatic nitrogens is 1. The predicted octanol–water partition coefficient (Wildman–Crippen LogP) is 0.300. The van der Waals surface area contributed by atoms with Crippen LogP contribution in [0.3, 0.4) is 0 Å². The third kappa shape index (κ3) is 3.82. The quantitative estimate of drug-likeness (QED) is 0.792. The van der Waals surface area contributed by atoms with E-state index in [2.05, 4.69) is 5.16 Å². The van der Waals surface area contributed by atoms with Gasteiger partial charge in [0.15, 0.2) is 0 Å². The maximum absolute atomic E-state index is 12.0. The van der Waals surface area contributed by atoms with Gasteiger partial charge in [-0.25, -0.2) is 0 Å². The van der Waals surface area contributed by atoms with Crippen LogP contribution in [0.2, 0.25) is 0 Å². The van der Waals surface area contributed by atoms with E-state index in [9.17, 15) is 9.90 Å². The summed E-state index contributed by atoms with van der Waals surface area (Å²) in [6.45, 7) is 4.04. The number of hydrogen-bond donors (Lipinski definition) is 1. The van der Waals surface area contributed by atoms with Crippen LogP contribution in [0.4, 0.5) is 0 Å². The first-order valence-corrected chi connectivity index (χ1v) is 5.78. The number of aliphatic hydroxyl groups is 1. The van der Waals surface area contributed by atoms with Crippen LogP contribution in [0.15, 0.2) is 4.52 Å². The van der Waals surface area contributed by atoms with Gasteiger partial charge < -0.3 is 19.3 Å². The number of rotatable bonds is 6. The van der Waals surface area contributed by atoms with E-state index < -0.39 is 6.10 Å². The monoisotopic (exact) mass is 256 g/mol. The molecule has 18 heavy (non-hydrogen) atoms. The Kier molecular flexibility index (Phi) is 5.30. The smallest absolute Gasteiger partial charge is 0.227 e. The lowest BCUT2D eigenvalue weighted by Gasteiger charge is -2.20. The molecule has 0 aromatic carbocycles. The number of hydrogen-bond acceptors (Lipinski definition) is 5. The molecule has 0 saturated carbocycles. The number of nitrogens with zero attached hydrogens (tertiary/aromatic N) is 2. The minimum atomic E-state index is -0.673. The molecule has 0 aliphatic carbocycles. The molecule has 0 aliphatic heterocycles. The first-order chi connectivity index (χ1) is 8.45. The van der Waals surface area contributed by atoms with Gasteiger partial charge in [-0.05, 0) is 13.8 Å². The molecule has 1 heterocycles. The van der Waals surface area contributed by atoms with E-state index in [-0.39, 0.29) is 25.5 Å². The van der Waals surface area contributed by atoms with Crippen LogP contribution in [0, 0.1) is 13.8 Å².